The van der Waals surface area contributed by atoms with E-state index >= 15 is 0 Å². The number of fused-ring (bicyclic) bond motifs is 5. The van der Waals surface area contributed by atoms with Gasteiger partial charge in [-0.25, -0.2) is 0 Å². The molecule has 2 unspecified atom stereocenters. The van der Waals surface area contributed by atoms with E-state index in [2.05, 4.69) is 0 Å². The fourth-order valence-electron chi connectivity index (χ4n) is 7.26. The SMILES string of the molecule is CC1C[C@H]2[C@@H]3CCC4=CC(=O)C=C[C@]4(C)[C@@]3(Cl)C(O)C[C@]2(C)[C@@]1(O)C(=O)CO. The largest absolute Gasteiger partial charge is 0.391 e. The highest BCUT2D eigenvalue weighted by molar-refractivity contribution is 6.26. The minimum atomic E-state index is -1.68. The van der Waals surface area contributed by atoms with Crippen LogP contribution in [0.25, 0.3) is 0 Å². The highest BCUT2D eigenvalue weighted by Crippen LogP contribution is 2.71. The van der Waals surface area contributed by atoms with Crippen molar-refractivity contribution in [3.63, 3.8) is 0 Å². The maximum absolute atomic E-state index is 12.6. The van der Waals surface area contributed by atoms with Crippen molar-refractivity contribution in [2.24, 2.45) is 28.6 Å². The monoisotopic (exact) mass is 408 g/mol. The van der Waals surface area contributed by atoms with Crippen LogP contribution in [0.1, 0.15) is 46.5 Å². The van der Waals surface area contributed by atoms with E-state index in [1.54, 1.807) is 6.08 Å². The van der Waals surface area contributed by atoms with Gasteiger partial charge in [0.2, 0.25) is 0 Å². The van der Waals surface area contributed by atoms with Gasteiger partial charge in [-0.2, -0.15) is 0 Å². The van der Waals surface area contributed by atoms with Gasteiger partial charge >= 0.3 is 0 Å². The summed E-state index contributed by atoms with van der Waals surface area (Å²) in [6.07, 6.45) is 6.22. The number of halogens is 1. The van der Waals surface area contributed by atoms with Crippen LogP contribution in [0.3, 0.4) is 0 Å². The predicted octanol–water partition coefficient (Wildman–Crippen LogP) is 2.17. The first kappa shape index (κ1) is 20.3. The van der Waals surface area contributed by atoms with Gasteiger partial charge in [0.25, 0.3) is 0 Å². The van der Waals surface area contributed by atoms with Crippen LogP contribution in [-0.4, -0.2) is 50.1 Å². The van der Waals surface area contributed by atoms with Crippen LogP contribution < -0.4 is 0 Å². The molecule has 0 aromatic heterocycles. The van der Waals surface area contributed by atoms with Crippen molar-refractivity contribution in [1.82, 2.24) is 0 Å². The number of Topliss-reactive ketones (excluding diaryl/α,β-unsaturated/α-hetero) is 1. The molecule has 5 nitrogen and oxygen atoms in total. The van der Waals surface area contributed by atoms with Gasteiger partial charge in [0.05, 0.1) is 11.0 Å². The van der Waals surface area contributed by atoms with Crippen molar-refractivity contribution >= 4 is 23.2 Å². The molecule has 3 N–H and O–H groups in total. The lowest BCUT2D eigenvalue weighted by Crippen LogP contribution is -2.69. The summed E-state index contributed by atoms with van der Waals surface area (Å²) in [5.74, 6) is -1.15. The Hall–Kier alpha value is -1.01. The number of hydrogen-bond donors (Lipinski definition) is 3. The molecular weight excluding hydrogens is 380 g/mol. The first-order valence-electron chi connectivity index (χ1n) is 10.1. The van der Waals surface area contributed by atoms with Crippen LogP contribution in [0, 0.1) is 28.6 Å². The third-order valence-corrected chi connectivity index (χ3v) is 9.72. The van der Waals surface area contributed by atoms with E-state index in [0.717, 1.165) is 5.57 Å². The molecular formula is C22H29ClO5. The zero-order chi connectivity index (χ0) is 20.7. The number of carbonyl (C=O) groups is 2. The van der Waals surface area contributed by atoms with E-state index < -0.39 is 39.8 Å². The molecule has 0 saturated heterocycles. The van der Waals surface area contributed by atoms with Crippen molar-refractivity contribution in [2.45, 2.75) is 63.0 Å². The van der Waals surface area contributed by atoms with Crippen LogP contribution in [-0.2, 0) is 9.59 Å². The summed E-state index contributed by atoms with van der Waals surface area (Å²) in [6, 6.07) is 0. The summed E-state index contributed by atoms with van der Waals surface area (Å²) in [5, 5.41) is 32.3. The Balaban J connectivity index is 1.84. The molecule has 3 saturated carbocycles. The van der Waals surface area contributed by atoms with E-state index in [1.807, 2.05) is 26.8 Å². The lowest BCUT2D eigenvalue weighted by Gasteiger charge is -2.63. The number of ketones is 2. The lowest BCUT2D eigenvalue weighted by atomic mass is 9.45. The average molecular weight is 409 g/mol. The van der Waals surface area contributed by atoms with Crippen molar-refractivity contribution in [3.8, 4) is 0 Å². The maximum Gasteiger partial charge on any atom is 0.190 e. The first-order valence-corrected chi connectivity index (χ1v) is 10.5. The Bertz CT molecular complexity index is 805. The van der Waals surface area contributed by atoms with Gasteiger partial charge in [0.15, 0.2) is 11.6 Å². The van der Waals surface area contributed by atoms with Crippen molar-refractivity contribution < 1.29 is 24.9 Å². The first-order chi connectivity index (χ1) is 13.0. The fourth-order valence-corrected chi connectivity index (χ4v) is 7.78. The van der Waals surface area contributed by atoms with Gasteiger partial charge in [-0.05, 0) is 55.6 Å². The maximum atomic E-state index is 12.6. The Labute approximate surface area is 170 Å². The average Bonchev–Trinajstić information content (AvgIpc) is 2.84. The topological polar surface area (TPSA) is 94.8 Å². The second-order valence-corrected chi connectivity index (χ2v) is 10.4. The van der Waals surface area contributed by atoms with Gasteiger partial charge in [-0.1, -0.05) is 32.4 Å². The molecule has 0 spiro atoms. The van der Waals surface area contributed by atoms with Gasteiger partial charge in [-0.15, -0.1) is 11.6 Å². The lowest BCUT2D eigenvalue weighted by molar-refractivity contribution is -0.179. The van der Waals surface area contributed by atoms with Crippen LogP contribution in [0.4, 0.5) is 0 Å². The number of alkyl halides is 1. The number of aliphatic hydroxyl groups is 3. The van der Waals surface area contributed by atoms with E-state index in [9.17, 15) is 24.9 Å². The number of hydrogen-bond acceptors (Lipinski definition) is 5. The molecule has 4 aliphatic rings. The second-order valence-electron chi connectivity index (χ2n) is 9.75. The Kier molecular flexibility index (Phi) is 4.35. The Morgan fingerprint density at radius 3 is 2.64 bits per heavy atom. The Morgan fingerprint density at radius 2 is 2.00 bits per heavy atom. The highest BCUT2D eigenvalue weighted by Gasteiger charge is 2.74. The van der Waals surface area contributed by atoms with E-state index in [4.69, 9.17) is 11.6 Å². The van der Waals surface area contributed by atoms with Crippen LogP contribution in [0.15, 0.2) is 23.8 Å². The predicted molar refractivity (Wildman–Crippen MR) is 105 cm³/mol. The molecule has 0 aromatic rings. The van der Waals surface area contributed by atoms with Gasteiger partial charge in [0.1, 0.15) is 12.2 Å². The molecule has 6 heteroatoms. The van der Waals surface area contributed by atoms with Crippen molar-refractivity contribution in [1.29, 1.82) is 0 Å². The molecule has 0 aliphatic heterocycles. The third kappa shape index (κ3) is 2.09. The van der Waals surface area contributed by atoms with Crippen molar-refractivity contribution in [2.75, 3.05) is 6.61 Å². The molecule has 4 aliphatic carbocycles. The molecule has 0 bridgehead atoms. The van der Waals surface area contributed by atoms with Gasteiger partial charge in [-0.3, -0.25) is 9.59 Å². The summed E-state index contributed by atoms with van der Waals surface area (Å²) in [5.41, 5.74) is -2.25. The second kappa shape index (κ2) is 6.00. The fraction of sp³-hybridized carbons (Fsp3) is 0.727. The molecule has 154 valence electrons. The van der Waals surface area contributed by atoms with E-state index in [0.29, 0.717) is 19.3 Å². The zero-order valence-corrected chi connectivity index (χ0v) is 17.4. The quantitative estimate of drug-likeness (QED) is 0.608. The molecule has 3 fully saturated rings. The summed E-state index contributed by atoms with van der Waals surface area (Å²) in [7, 11) is 0. The number of rotatable bonds is 2. The van der Waals surface area contributed by atoms with Crippen molar-refractivity contribution in [3.05, 3.63) is 23.8 Å². The van der Waals surface area contributed by atoms with Gasteiger partial charge < -0.3 is 15.3 Å². The van der Waals surface area contributed by atoms with Crippen LogP contribution >= 0.6 is 11.6 Å². The molecule has 28 heavy (non-hydrogen) atoms. The smallest absolute Gasteiger partial charge is 0.190 e. The van der Waals surface area contributed by atoms with E-state index in [-0.39, 0.29) is 30.0 Å². The van der Waals surface area contributed by atoms with Crippen LogP contribution in [0.5, 0.6) is 0 Å². The summed E-state index contributed by atoms with van der Waals surface area (Å²) >= 11 is 7.30. The molecule has 0 heterocycles. The normalized spacial score (nSPS) is 52.5. The summed E-state index contributed by atoms with van der Waals surface area (Å²) in [4.78, 5) is 23.5. The number of carbonyl (C=O) groups excluding carboxylic acids is 2. The molecule has 0 amide bonds. The number of aliphatic hydroxyl groups excluding tert-OH is 2. The zero-order valence-electron chi connectivity index (χ0n) is 16.6. The van der Waals surface area contributed by atoms with Gasteiger partial charge in [0, 0.05) is 10.8 Å². The molecule has 4 rings (SSSR count). The minimum absolute atomic E-state index is 0.0567. The highest BCUT2D eigenvalue weighted by atomic mass is 35.5. The minimum Gasteiger partial charge on any atom is -0.391 e. The molecule has 0 aromatic carbocycles. The molecule has 0 radical (unpaired) electrons. The summed E-state index contributed by atoms with van der Waals surface area (Å²) < 4.78 is 0. The molecule has 8 atom stereocenters. The third-order valence-electron chi connectivity index (χ3n) is 8.79. The number of allylic oxidation sites excluding steroid dienone is 4. The summed E-state index contributed by atoms with van der Waals surface area (Å²) in [6.45, 7) is 4.97. The van der Waals surface area contributed by atoms with Crippen LogP contribution in [0.2, 0.25) is 0 Å². The standard InChI is InChI=1S/C22H29ClO5/c1-12-8-16-15-5-4-13-9-14(25)6-7-19(13,2)21(15,23)17(26)10-20(16,3)22(12,28)18(27)11-24/h6-7,9,12,15-17,24,26,28H,4-5,8,10-11H2,1-3H3/t12?,15-,16-,17?,19-,20-,21-,22-/m0/s1. The Morgan fingerprint density at radius 1 is 1.32 bits per heavy atom. The van der Waals surface area contributed by atoms with E-state index in [1.165, 1.54) is 6.08 Å².